The molecule has 2 aromatic heterocycles. The molecule has 3 aromatic rings. The zero-order valence-electron chi connectivity index (χ0n) is 9.50. The van der Waals surface area contributed by atoms with Gasteiger partial charge >= 0.3 is 0 Å². The first-order chi connectivity index (χ1) is 8.72. The van der Waals surface area contributed by atoms with Crippen molar-refractivity contribution in [2.75, 3.05) is 0 Å². The van der Waals surface area contributed by atoms with Crippen molar-refractivity contribution >= 4 is 5.65 Å². The molecule has 0 fully saturated rings. The fraction of sp³-hybridized carbons (Fsp3) is 0.0769. The predicted molar refractivity (Wildman–Crippen MR) is 66.7 cm³/mol. The fourth-order valence-corrected chi connectivity index (χ4v) is 1.86. The fourth-order valence-electron chi connectivity index (χ4n) is 1.86. The highest BCUT2D eigenvalue weighted by Crippen LogP contribution is 2.12. The van der Waals surface area contributed by atoms with Crippen LogP contribution in [0.2, 0.25) is 0 Å². The van der Waals surface area contributed by atoms with E-state index in [1.54, 1.807) is 24.3 Å². The molecule has 1 aromatic carbocycles. The minimum absolute atomic E-state index is 0.128. The van der Waals surface area contributed by atoms with E-state index in [2.05, 4.69) is 10.1 Å². The van der Waals surface area contributed by atoms with Gasteiger partial charge in [-0.2, -0.15) is 0 Å². The molecule has 2 heterocycles. The molecule has 18 heavy (non-hydrogen) atoms. The van der Waals surface area contributed by atoms with Crippen LogP contribution in [-0.4, -0.2) is 19.7 Å². The number of aromatic hydroxyl groups is 1. The van der Waals surface area contributed by atoms with Gasteiger partial charge in [-0.05, 0) is 23.8 Å². The van der Waals surface area contributed by atoms with Crippen molar-refractivity contribution in [1.29, 1.82) is 0 Å². The molecule has 0 aliphatic rings. The number of phenols is 1. The number of nitrogens with one attached hydrogen (secondary N) is 1. The number of hydrogen-bond donors (Lipinski definition) is 2. The zero-order chi connectivity index (χ0) is 12.5. The maximum atomic E-state index is 11.5. The molecule has 0 bridgehead atoms. The quantitative estimate of drug-likeness (QED) is 0.710. The van der Waals surface area contributed by atoms with Crippen molar-refractivity contribution in [3.05, 3.63) is 64.2 Å². The summed E-state index contributed by atoms with van der Waals surface area (Å²) in [5, 5.41) is 12.2. The van der Waals surface area contributed by atoms with Crippen LogP contribution in [0.3, 0.4) is 0 Å². The number of nitrogens with zero attached hydrogens (tertiary/aromatic N) is 2. The van der Waals surface area contributed by atoms with Gasteiger partial charge in [0.05, 0.1) is 0 Å². The summed E-state index contributed by atoms with van der Waals surface area (Å²) in [5.41, 5.74) is 1.49. The van der Waals surface area contributed by atoms with Crippen molar-refractivity contribution in [3.63, 3.8) is 0 Å². The van der Waals surface area contributed by atoms with E-state index in [0.29, 0.717) is 17.9 Å². The predicted octanol–water partition coefficient (Wildman–Crippen LogP) is 1.32. The minimum Gasteiger partial charge on any atom is -0.508 e. The first kappa shape index (κ1) is 10.6. The molecule has 0 aliphatic heterocycles. The van der Waals surface area contributed by atoms with Crippen molar-refractivity contribution in [1.82, 2.24) is 14.6 Å². The van der Waals surface area contributed by atoms with Gasteiger partial charge in [0.15, 0.2) is 5.65 Å². The molecule has 90 valence electrons. The summed E-state index contributed by atoms with van der Waals surface area (Å²) in [6, 6.07) is 11.8. The first-order valence-corrected chi connectivity index (χ1v) is 5.57. The van der Waals surface area contributed by atoms with E-state index in [4.69, 9.17) is 0 Å². The van der Waals surface area contributed by atoms with Gasteiger partial charge in [0, 0.05) is 12.5 Å². The molecule has 3 rings (SSSR count). The third kappa shape index (κ3) is 1.86. The van der Waals surface area contributed by atoms with E-state index >= 15 is 0 Å². The molecule has 0 saturated heterocycles. The van der Waals surface area contributed by atoms with Crippen LogP contribution in [0.4, 0.5) is 0 Å². The standard InChI is InChI=1S/C13H11N3O2/c17-10-6-4-9(5-7-10)8-11-14-12-2-1-3-13(18)16(12)15-11/h1-7,17H,8H2,(H,14,15). The number of fused-ring (bicyclic) bond motifs is 1. The SMILES string of the molecule is O=c1cccc2nc(Cc3ccc(O)cc3)[nH]n12. The molecule has 0 saturated carbocycles. The van der Waals surface area contributed by atoms with E-state index in [9.17, 15) is 9.90 Å². The van der Waals surface area contributed by atoms with Crippen LogP contribution >= 0.6 is 0 Å². The largest absolute Gasteiger partial charge is 0.508 e. The molecule has 0 radical (unpaired) electrons. The van der Waals surface area contributed by atoms with Gasteiger partial charge in [0.2, 0.25) is 0 Å². The van der Waals surface area contributed by atoms with Crippen molar-refractivity contribution < 1.29 is 5.11 Å². The molecule has 0 aliphatic carbocycles. The monoisotopic (exact) mass is 241 g/mol. The lowest BCUT2D eigenvalue weighted by Crippen LogP contribution is -2.11. The average molecular weight is 241 g/mol. The molecule has 5 nitrogen and oxygen atoms in total. The number of rotatable bonds is 2. The topological polar surface area (TPSA) is 70.4 Å². The summed E-state index contributed by atoms with van der Waals surface area (Å²) in [4.78, 5) is 15.9. The Balaban J connectivity index is 1.98. The Morgan fingerprint density at radius 2 is 1.94 bits per heavy atom. The van der Waals surface area contributed by atoms with E-state index < -0.39 is 0 Å². The number of pyridine rings is 1. The summed E-state index contributed by atoms with van der Waals surface area (Å²) < 4.78 is 1.41. The van der Waals surface area contributed by atoms with Crippen LogP contribution in [0.1, 0.15) is 11.4 Å². The highest BCUT2D eigenvalue weighted by molar-refractivity contribution is 5.37. The average Bonchev–Trinajstić information content (AvgIpc) is 2.76. The molecular weight excluding hydrogens is 230 g/mol. The number of H-pyrrole nitrogens is 1. The second kappa shape index (κ2) is 4.03. The minimum atomic E-state index is -0.128. The maximum absolute atomic E-state index is 11.5. The Kier molecular flexibility index (Phi) is 2.37. The zero-order valence-corrected chi connectivity index (χ0v) is 9.50. The van der Waals surface area contributed by atoms with Crippen LogP contribution in [-0.2, 0) is 6.42 Å². The third-order valence-electron chi connectivity index (χ3n) is 2.73. The summed E-state index contributed by atoms with van der Waals surface area (Å²) in [7, 11) is 0. The lowest BCUT2D eigenvalue weighted by atomic mass is 10.1. The molecule has 0 amide bonds. The number of hydrogen-bond acceptors (Lipinski definition) is 3. The van der Waals surface area contributed by atoms with Crippen LogP contribution in [0, 0.1) is 0 Å². The normalized spacial score (nSPS) is 10.9. The van der Waals surface area contributed by atoms with Gasteiger partial charge in [-0.1, -0.05) is 18.2 Å². The number of aromatic nitrogens is 3. The molecular formula is C13H11N3O2. The van der Waals surface area contributed by atoms with E-state index in [-0.39, 0.29) is 11.3 Å². The summed E-state index contributed by atoms with van der Waals surface area (Å²) in [6.45, 7) is 0. The van der Waals surface area contributed by atoms with Crippen LogP contribution in [0.5, 0.6) is 5.75 Å². The highest BCUT2D eigenvalue weighted by Gasteiger charge is 2.04. The molecule has 2 N–H and O–H groups in total. The number of aromatic amines is 1. The lowest BCUT2D eigenvalue weighted by Gasteiger charge is -1.97. The number of phenolic OH excluding ortho intramolecular Hbond substituents is 1. The molecule has 5 heteroatoms. The summed E-state index contributed by atoms with van der Waals surface area (Å²) in [6.07, 6.45) is 0.585. The maximum Gasteiger partial charge on any atom is 0.271 e. The highest BCUT2D eigenvalue weighted by atomic mass is 16.3. The van der Waals surface area contributed by atoms with Gasteiger partial charge in [0.1, 0.15) is 11.6 Å². The van der Waals surface area contributed by atoms with Crippen LogP contribution < -0.4 is 5.56 Å². The van der Waals surface area contributed by atoms with Crippen molar-refractivity contribution in [3.8, 4) is 5.75 Å². The third-order valence-corrected chi connectivity index (χ3v) is 2.73. The first-order valence-electron chi connectivity index (χ1n) is 5.57. The summed E-state index contributed by atoms with van der Waals surface area (Å²) in [5.74, 6) is 0.948. The summed E-state index contributed by atoms with van der Waals surface area (Å²) >= 11 is 0. The van der Waals surface area contributed by atoms with Gasteiger partial charge < -0.3 is 5.11 Å². The van der Waals surface area contributed by atoms with Gasteiger partial charge in [-0.3, -0.25) is 9.89 Å². The molecule has 0 atom stereocenters. The molecule has 0 spiro atoms. The van der Waals surface area contributed by atoms with Gasteiger partial charge in [-0.15, -0.1) is 0 Å². The van der Waals surface area contributed by atoms with E-state index in [1.807, 2.05) is 12.1 Å². The van der Waals surface area contributed by atoms with Crippen molar-refractivity contribution in [2.45, 2.75) is 6.42 Å². The second-order valence-corrected chi connectivity index (χ2v) is 4.07. The van der Waals surface area contributed by atoms with Gasteiger partial charge in [-0.25, -0.2) is 9.50 Å². The lowest BCUT2D eigenvalue weighted by molar-refractivity contribution is 0.475. The van der Waals surface area contributed by atoms with Crippen LogP contribution in [0.25, 0.3) is 5.65 Å². The number of benzene rings is 1. The smallest absolute Gasteiger partial charge is 0.271 e. The van der Waals surface area contributed by atoms with Gasteiger partial charge in [0.25, 0.3) is 5.56 Å². The molecule has 0 unspecified atom stereocenters. The Labute approximate surface area is 102 Å². The Morgan fingerprint density at radius 3 is 2.67 bits per heavy atom. The Bertz CT molecular complexity index is 741. The van der Waals surface area contributed by atoms with E-state index in [1.165, 1.54) is 10.6 Å². The Hall–Kier alpha value is -2.56. The van der Waals surface area contributed by atoms with E-state index in [0.717, 1.165) is 5.56 Å². The Morgan fingerprint density at radius 1 is 1.17 bits per heavy atom. The van der Waals surface area contributed by atoms with Crippen LogP contribution in [0.15, 0.2) is 47.3 Å². The van der Waals surface area contributed by atoms with Crippen molar-refractivity contribution in [2.24, 2.45) is 0 Å². The second-order valence-electron chi connectivity index (χ2n) is 4.07.